The normalized spacial score (nSPS) is 11.0. The van der Waals surface area contributed by atoms with Crippen molar-refractivity contribution < 1.29 is 4.52 Å². The van der Waals surface area contributed by atoms with E-state index in [0.717, 1.165) is 16.5 Å². The number of aromatic amines is 1. The molecule has 15 heavy (non-hydrogen) atoms. The summed E-state index contributed by atoms with van der Waals surface area (Å²) in [4.78, 5) is 4.19. The first kappa shape index (κ1) is 8.16. The van der Waals surface area contributed by atoms with Gasteiger partial charge in [-0.25, -0.2) is 0 Å². The summed E-state index contributed by atoms with van der Waals surface area (Å²) in [6, 6.07) is 5.81. The second kappa shape index (κ2) is 2.91. The highest BCUT2D eigenvalue weighted by atomic mass is 16.5. The second-order valence-corrected chi connectivity index (χ2v) is 3.28. The summed E-state index contributed by atoms with van der Waals surface area (Å²) in [5.74, 6) is 1.16. The van der Waals surface area contributed by atoms with Crippen molar-refractivity contribution in [2.45, 2.75) is 6.92 Å². The zero-order chi connectivity index (χ0) is 10.3. The first-order valence-corrected chi connectivity index (χ1v) is 4.57. The van der Waals surface area contributed by atoms with Gasteiger partial charge >= 0.3 is 0 Å². The third kappa shape index (κ3) is 1.20. The summed E-state index contributed by atoms with van der Waals surface area (Å²) in [7, 11) is 0. The van der Waals surface area contributed by atoms with E-state index in [1.165, 1.54) is 0 Å². The van der Waals surface area contributed by atoms with Gasteiger partial charge in [0.15, 0.2) is 5.82 Å². The molecule has 2 aromatic heterocycles. The molecule has 0 saturated heterocycles. The van der Waals surface area contributed by atoms with Gasteiger partial charge in [-0.1, -0.05) is 11.2 Å². The zero-order valence-corrected chi connectivity index (χ0v) is 8.06. The molecule has 1 N–H and O–H groups in total. The summed E-state index contributed by atoms with van der Waals surface area (Å²) in [6.07, 6.45) is 1.75. The van der Waals surface area contributed by atoms with E-state index in [-0.39, 0.29) is 0 Å². The van der Waals surface area contributed by atoms with Gasteiger partial charge in [-0.15, -0.1) is 0 Å². The Bertz CT molecular complexity index is 610. The summed E-state index contributed by atoms with van der Waals surface area (Å²) in [5.41, 5.74) is 1.87. The Morgan fingerprint density at radius 2 is 2.27 bits per heavy atom. The molecule has 74 valence electrons. The Labute approximate surface area is 85.1 Å². The van der Waals surface area contributed by atoms with E-state index < -0.39 is 0 Å². The average molecular weight is 200 g/mol. The van der Waals surface area contributed by atoms with E-state index >= 15 is 0 Å². The van der Waals surface area contributed by atoms with Crippen LogP contribution in [0.3, 0.4) is 0 Å². The number of rotatable bonds is 1. The van der Waals surface area contributed by atoms with Crippen molar-refractivity contribution in [3.8, 4) is 11.5 Å². The van der Waals surface area contributed by atoms with Crippen molar-refractivity contribution >= 4 is 10.9 Å². The molecule has 0 spiro atoms. The lowest BCUT2D eigenvalue weighted by molar-refractivity contribution is 0.426. The average Bonchev–Trinajstić information content (AvgIpc) is 2.84. The summed E-state index contributed by atoms with van der Waals surface area (Å²) >= 11 is 0. The largest absolute Gasteiger partial charge is 0.334 e. The van der Waals surface area contributed by atoms with Gasteiger partial charge < -0.3 is 4.52 Å². The number of fused-ring (bicyclic) bond motifs is 1. The van der Waals surface area contributed by atoms with Crippen LogP contribution in [0.2, 0.25) is 0 Å². The molecule has 2 heterocycles. The second-order valence-electron chi connectivity index (χ2n) is 3.28. The molecule has 0 bridgehead atoms. The maximum Gasteiger partial charge on any atom is 0.258 e. The molecule has 0 amide bonds. The number of aryl methyl sites for hydroxylation is 1. The number of benzene rings is 1. The van der Waals surface area contributed by atoms with Crippen LogP contribution in [0.15, 0.2) is 28.9 Å². The van der Waals surface area contributed by atoms with Crippen molar-refractivity contribution in [3.63, 3.8) is 0 Å². The molecule has 0 aliphatic carbocycles. The molecular weight excluding hydrogens is 192 g/mol. The van der Waals surface area contributed by atoms with Crippen molar-refractivity contribution in [1.29, 1.82) is 0 Å². The van der Waals surface area contributed by atoms with E-state index in [2.05, 4.69) is 20.3 Å². The van der Waals surface area contributed by atoms with Crippen LogP contribution in [-0.2, 0) is 0 Å². The smallest absolute Gasteiger partial charge is 0.258 e. The fourth-order valence-electron chi connectivity index (χ4n) is 1.56. The van der Waals surface area contributed by atoms with E-state index in [1.807, 2.05) is 18.2 Å². The molecule has 3 aromatic rings. The fraction of sp³-hybridized carbons (Fsp3) is 0.100. The Morgan fingerprint density at radius 3 is 3.07 bits per heavy atom. The third-order valence-electron chi connectivity index (χ3n) is 2.24. The van der Waals surface area contributed by atoms with Crippen LogP contribution in [0.4, 0.5) is 0 Å². The van der Waals surface area contributed by atoms with Crippen LogP contribution in [0.25, 0.3) is 22.4 Å². The first-order chi connectivity index (χ1) is 7.34. The molecule has 0 atom stereocenters. The van der Waals surface area contributed by atoms with Crippen LogP contribution >= 0.6 is 0 Å². The standard InChI is InChI=1S/C10H8N4O/c1-6-12-10(15-14-6)7-3-2-4-9-8(7)5-11-13-9/h2-5H,1H3,(H,11,13). The highest BCUT2D eigenvalue weighted by Crippen LogP contribution is 2.25. The van der Waals surface area contributed by atoms with Gasteiger partial charge in [0, 0.05) is 5.39 Å². The first-order valence-electron chi connectivity index (χ1n) is 4.57. The van der Waals surface area contributed by atoms with Gasteiger partial charge in [-0.05, 0) is 19.1 Å². The molecule has 0 unspecified atom stereocenters. The molecule has 0 fully saturated rings. The highest BCUT2D eigenvalue weighted by molar-refractivity contribution is 5.91. The van der Waals surface area contributed by atoms with Crippen molar-refractivity contribution in [2.75, 3.05) is 0 Å². The van der Waals surface area contributed by atoms with Crippen molar-refractivity contribution in [1.82, 2.24) is 20.3 Å². The third-order valence-corrected chi connectivity index (χ3v) is 2.24. The molecule has 5 nitrogen and oxygen atoms in total. The Kier molecular flexibility index (Phi) is 1.58. The number of hydrogen-bond donors (Lipinski definition) is 1. The van der Waals surface area contributed by atoms with Crippen LogP contribution in [0, 0.1) is 6.92 Å². The Morgan fingerprint density at radius 1 is 1.33 bits per heavy atom. The lowest BCUT2D eigenvalue weighted by Crippen LogP contribution is -1.79. The minimum absolute atomic E-state index is 0.527. The molecule has 0 saturated carbocycles. The van der Waals surface area contributed by atoms with Crippen LogP contribution in [0.1, 0.15) is 5.82 Å². The quantitative estimate of drug-likeness (QED) is 0.651. The van der Waals surface area contributed by atoms with E-state index in [1.54, 1.807) is 13.1 Å². The van der Waals surface area contributed by atoms with Gasteiger partial charge in [-0.2, -0.15) is 10.1 Å². The maximum absolute atomic E-state index is 5.13. The topological polar surface area (TPSA) is 67.6 Å². The Balaban J connectivity index is 2.30. The molecule has 0 radical (unpaired) electrons. The van der Waals surface area contributed by atoms with Crippen LogP contribution < -0.4 is 0 Å². The van der Waals surface area contributed by atoms with Gasteiger partial charge in [-0.3, -0.25) is 5.10 Å². The summed E-state index contributed by atoms with van der Waals surface area (Å²) in [5, 5.41) is 11.6. The minimum Gasteiger partial charge on any atom is -0.334 e. The SMILES string of the molecule is Cc1noc(-c2cccc3[nH]ncc23)n1. The van der Waals surface area contributed by atoms with Crippen molar-refractivity contribution in [3.05, 3.63) is 30.2 Å². The van der Waals surface area contributed by atoms with E-state index in [9.17, 15) is 0 Å². The molecule has 3 rings (SSSR count). The van der Waals surface area contributed by atoms with E-state index in [0.29, 0.717) is 11.7 Å². The van der Waals surface area contributed by atoms with Gasteiger partial charge in [0.2, 0.25) is 0 Å². The number of H-pyrrole nitrogens is 1. The number of aromatic nitrogens is 4. The number of hydrogen-bond acceptors (Lipinski definition) is 4. The van der Waals surface area contributed by atoms with Gasteiger partial charge in [0.05, 0.1) is 17.3 Å². The monoisotopic (exact) mass is 200 g/mol. The predicted molar refractivity (Wildman–Crippen MR) is 54.1 cm³/mol. The number of nitrogens with one attached hydrogen (secondary N) is 1. The van der Waals surface area contributed by atoms with Crippen LogP contribution in [-0.4, -0.2) is 20.3 Å². The van der Waals surface area contributed by atoms with Gasteiger partial charge in [0.1, 0.15) is 0 Å². The lowest BCUT2D eigenvalue weighted by atomic mass is 10.1. The number of nitrogens with zero attached hydrogens (tertiary/aromatic N) is 3. The zero-order valence-electron chi connectivity index (χ0n) is 8.06. The van der Waals surface area contributed by atoms with E-state index in [4.69, 9.17) is 4.52 Å². The minimum atomic E-state index is 0.527. The fourth-order valence-corrected chi connectivity index (χ4v) is 1.56. The molecule has 5 heteroatoms. The molecule has 0 aliphatic heterocycles. The summed E-state index contributed by atoms with van der Waals surface area (Å²) in [6.45, 7) is 1.79. The Hall–Kier alpha value is -2.17. The summed E-state index contributed by atoms with van der Waals surface area (Å²) < 4.78 is 5.13. The highest BCUT2D eigenvalue weighted by Gasteiger charge is 2.10. The maximum atomic E-state index is 5.13. The lowest BCUT2D eigenvalue weighted by Gasteiger charge is -1.94. The van der Waals surface area contributed by atoms with Gasteiger partial charge in [0.25, 0.3) is 5.89 Å². The molecule has 1 aromatic carbocycles. The van der Waals surface area contributed by atoms with Crippen molar-refractivity contribution in [2.24, 2.45) is 0 Å². The molecule has 0 aliphatic rings. The van der Waals surface area contributed by atoms with Crippen LogP contribution in [0.5, 0.6) is 0 Å². The molecular formula is C10H8N4O. The predicted octanol–water partition coefficient (Wildman–Crippen LogP) is 1.92.